The summed E-state index contributed by atoms with van der Waals surface area (Å²) in [7, 11) is 0. The van der Waals surface area contributed by atoms with E-state index in [0.717, 1.165) is 5.56 Å². The van der Waals surface area contributed by atoms with Gasteiger partial charge in [0.25, 0.3) is 0 Å². The monoisotopic (exact) mass is 285 g/mol. The van der Waals surface area contributed by atoms with Gasteiger partial charge < -0.3 is 4.74 Å². The van der Waals surface area contributed by atoms with Crippen molar-refractivity contribution in [3.05, 3.63) is 73.9 Å². The zero-order valence-electron chi connectivity index (χ0n) is 12.4. The topological polar surface area (TPSA) is 29.5 Å². The highest BCUT2D eigenvalue weighted by atomic mass is 16.5. The Morgan fingerprint density at radius 1 is 1.10 bits per heavy atom. The number of rotatable bonds is 10. The number of hydrogen-bond acceptors (Lipinski definition) is 3. The van der Waals surface area contributed by atoms with Crippen LogP contribution in [-0.4, -0.2) is 36.6 Å². The van der Waals surface area contributed by atoms with Crippen molar-refractivity contribution in [2.24, 2.45) is 0 Å². The lowest BCUT2D eigenvalue weighted by atomic mass is 10.0. The number of hydrogen-bond donors (Lipinski definition) is 0. The maximum absolute atomic E-state index is 12.3. The second-order valence-corrected chi connectivity index (χ2v) is 4.66. The van der Waals surface area contributed by atoms with E-state index in [1.54, 1.807) is 18.2 Å². The van der Waals surface area contributed by atoms with E-state index in [0.29, 0.717) is 19.5 Å². The van der Waals surface area contributed by atoms with E-state index in [9.17, 15) is 4.79 Å². The van der Waals surface area contributed by atoms with Crippen LogP contribution in [0.3, 0.4) is 0 Å². The Labute approximate surface area is 127 Å². The van der Waals surface area contributed by atoms with Gasteiger partial charge in [0.1, 0.15) is 12.6 Å². The van der Waals surface area contributed by atoms with Gasteiger partial charge in [0.05, 0.1) is 0 Å². The molecule has 21 heavy (non-hydrogen) atoms. The summed E-state index contributed by atoms with van der Waals surface area (Å²) in [6.45, 7) is 12.5. The number of nitrogens with zero attached hydrogens (tertiary/aromatic N) is 1. The third-order valence-corrected chi connectivity index (χ3v) is 3.06. The fourth-order valence-electron chi connectivity index (χ4n) is 2.10. The summed E-state index contributed by atoms with van der Waals surface area (Å²) in [5, 5.41) is 0. The molecule has 0 spiro atoms. The van der Waals surface area contributed by atoms with E-state index >= 15 is 0 Å². The highest BCUT2D eigenvalue weighted by Gasteiger charge is 2.26. The predicted molar refractivity (Wildman–Crippen MR) is 87.1 cm³/mol. The minimum Gasteiger partial charge on any atom is -0.460 e. The average Bonchev–Trinajstić information content (AvgIpc) is 2.51. The Morgan fingerprint density at radius 3 is 2.24 bits per heavy atom. The third kappa shape index (κ3) is 5.79. The molecule has 0 unspecified atom stereocenters. The van der Waals surface area contributed by atoms with Crippen LogP contribution in [0.25, 0.3) is 0 Å². The Hall–Kier alpha value is -2.13. The van der Waals surface area contributed by atoms with Crippen LogP contribution in [0.4, 0.5) is 0 Å². The molecule has 0 aliphatic carbocycles. The minimum atomic E-state index is -0.358. The van der Waals surface area contributed by atoms with Gasteiger partial charge in [-0.2, -0.15) is 0 Å². The van der Waals surface area contributed by atoms with Crippen molar-refractivity contribution in [1.82, 2.24) is 4.90 Å². The van der Waals surface area contributed by atoms with Crippen molar-refractivity contribution in [3.63, 3.8) is 0 Å². The quantitative estimate of drug-likeness (QED) is 0.489. The first-order valence-corrected chi connectivity index (χ1v) is 7.00. The highest BCUT2D eigenvalue weighted by molar-refractivity contribution is 5.76. The summed E-state index contributed by atoms with van der Waals surface area (Å²) in [5.41, 5.74) is 1.09. The number of esters is 1. The van der Waals surface area contributed by atoms with E-state index < -0.39 is 0 Å². The maximum Gasteiger partial charge on any atom is 0.324 e. The Bertz CT molecular complexity index is 457. The van der Waals surface area contributed by atoms with E-state index in [2.05, 4.69) is 19.7 Å². The minimum absolute atomic E-state index is 0.222. The van der Waals surface area contributed by atoms with Crippen molar-refractivity contribution in [2.75, 3.05) is 19.7 Å². The maximum atomic E-state index is 12.3. The van der Waals surface area contributed by atoms with Gasteiger partial charge >= 0.3 is 5.97 Å². The Kier molecular flexibility index (Phi) is 7.84. The fraction of sp³-hybridized carbons (Fsp3) is 0.278. The number of benzene rings is 1. The fourth-order valence-corrected chi connectivity index (χ4v) is 2.10. The Balaban J connectivity index is 2.90. The first kappa shape index (κ1) is 16.9. The molecule has 0 heterocycles. The van der Waals surface area contributed by atoms with Gasteiger partial charge in [-0.15, -0.1) is 13.2 Å². The van der Waals surface area contributed by atoms with Crippen molar-refractivity contribution < 1.29 is 9.53 Å². The molecule has 0 fully saturated rings. The van der Waals surface area contributed by atoms with Crippen LogP contribution >= 0.6 is 0 Å². The standard InChI is InChI=1S/C18H23NO2/c1-4-12-19(13-5-2)17(18(20)21-14-6-3)15-16-10-8-7-9-11-16/h4-11,17H,1-3,12-15H2/t17-/m0/s1. The Morgan fingerprint density at radius 2 is 1.71 bits per heavy atom. The highest BCUT2D eigenvalue weighted by Crippen LogP contribution is 2.11. The molecule has 1 atom stereocenters. The van der Waals surface area contributed by atoms with Crippen LogP contribution < -0.4 is 0 Å². The third-order valence-electron chi connectivity index (χ3n) is 3.06. The molecule has 0 aromatic heterocycles. The van der Waals surface area contributed by atoms with Crippen LogP contribution in [0.5, 0.6) is 0 Å². The van der Waals surface area contributed by atoms with Crippen molar-refractivity contribution in [3.8, 4) is 0 Å². The van der Waals surface area contributed by atoms with E-state index in [4.69, 9.17) is 4.74 Å². The molecule has 0 aliphatic heterocycles. The van der Waals surface area contributed by atoms with E-state index in [-0.39, 0.29) is 18.6 Å². The molecule has 0 saturated heterocycles. The lowest BCUT2D eigenvalue weighted by Gasteiger charge is -2.28. The van der Waals surface area contributed by atoms with Crippen molar-refractivity contribution >= 4 is 5.97 Å². The molecule has 0 N–H and O–H groups in total. The van der Waals surface area contributed by atoms with Gasteiger partial charge in [-0.1, -0.05) is 55.1 Å². The van der Waals surface area contributed by atoms with Crippen LogP contribution in [0.15, 0.2) is 68.3 Å². The first-order valence-electron chi connectivity index (χ1n) is 7.00. The molecule has 1 aromatic carbocycles. The van der Waals surface area contributed by atoms with Gasteiger partial charge in [-0.05, 0) is 12.0 Å². The van der Waals surface area contributed by atoms with Crippen LogP contribution in [0, 0.1) is 0 Å². The molecule has 0 saturated carbocycles. The summed E-state index contributed by atoms with van der Waals surface area (Å²) >= 11 is 0. The molecule has 0 radical (unpaired) electrons. The summed E-state index contributed by atoms with van der Waals surface area (Å²) < 4.78 is 5.23. The summed E-state index contributed by atoms with van der Waals surface area (Å²) in [5.74, 6) is -0.248. The summed E-state index contributed by atoms with van der Waals surface area (Å²) in [6.07, 6.45) is 5.73. The normalized spacial score (nSPS) is 11.7. The van der Waals surface area contributed by atoms with Crippen LogP contribution in [-0.2, 0) is 16.0 Å². The van der Waals surface area contributed by atoms with E-state index in [1.165, 1.54) is 0 Å². The van der Waals surface area contributed by atoms with E-state index in [1.807, 2.05) is 35.2 Å². The molecule has 1 aromatic rings. The second kappa shape index (κ2) is 9.72. The number of carbonyl (C=O) groups excluding carboxylic acids is 1. The number of ether oxygens (including phenoxy) is 1. The van der Waals surface area contributed by atoms with Gasteiger partial charge in [-0.25, -0.2) is 0 Å². The molecule has 1 rings (SSSR count). The zero-order chi connectivity index (χ0) is 15.5. The van der Waals surface area contributed by atoms with Gasteiger partial charge in [0, 0.05) is 13.1 Å². The molecular formula is C18H23NO2. The lowest BCUT2D eigenvalue weighted by molar-refractivity contribution is -0.148. The van der Waals surface area contributed by atoms with Crippen molar-refractivity contribution in [1.29, 1.82) is 0 Å². The molecule has 3 nitrogen and oxygen atoms in total. The molecule has 0 aliphatic rings. The number of carbonyl (C=O) groups is 1. The van der Waals surface area contributed by atoms with Crippen LogP contribution in [0.1, 0.15) is 5.56 Å². The summed E-state index contributed by atoms with van der Waals surface area (Å²) in [6, 6.07) is 9.55. The van der Waals surface area contributed by atoms with Crippen molar-refractivity contribution in [2.45, 2.75) is 12.5 Å². The molecule has 3 heteroatoms. The smallest absolute Gasteiger partial charge is 0.324 e. The van der Waals surface area contributed by atoms with Gasteiger partial charge in [-0.3, -0.25) is 9.69 Å². The molecule has 0 amide bonds. The second-order valence-electron chi connectivity index (χ2n) is 4.66. The van der Waals surface area contributed by atoms with Gasteiger partial charge in [0.2, 0.25) is 0 Å². The SMILES string of the molecule is C=CCOC(=O)[C@H](Cc1ccccc1)N(CC=C)CC=C. The molecule has 112 valence electrons. The summed E-state index contributed by atoms with van der Waals surface area (Å²) in [4.78, 5) is 14.3. The zero-order valence-corrected chi connectivity index (χ0v) is 12.4. The largest absolute Gasteiger partial charge is 0.460 e. The lowest BCUT2D eigenvalue weighted by Crippen LogP contribution is -2.44. The average molecular weight is 285 g/mol. The molecule has 0 bridgehead atoms. The molecular weight excluding hydrogens is 262 g/mol. The van der Waals surface area contributed by atoms with Gasteiger partial charge in [0.15, 0.2) is 0 Å². The first-order chi connectivity index (χ1) is 10.2. The predicted octanol–water partition coefficient (Wildman–Crippen LogP) is 3.00. The van der Waals surface area contributed by atoms with Crippen LogP contribution in [0.2, 0.25) is 0 Å².